The summed E-state index contributed by atoms with van der Waals surface area (Å²) in [6.07, 6.45) is -0.331. The number of hydrogen-bond acceptors (Lipinski definition) is 4. The average molecular weight is 158 g/mol. The molecule has 0 fully saturated rings. The molecule has 1 heterocycles. The van der Waals surface area contributed by atoms with Gasteiger partial charge < -0.3 is 14.2 Å². The fourth-order valence-electron chi connectivity index (χ4n) is 0.995. The third-order valence-corrected chi connectivity index (χ3v) is 1.49. The summed E-state index contributed by atoms with van der Waals surface area (Å²) in [6.45, 7) is 1.72. The van der Waals surface area contributed by atoms with Gasteiger partial charge in [-0.15, -0.1) is 0 Å². The summed E-state index contributed by atoms with van der Waals surface area (Å²) < 4.78 is 14.5. The molecular formula is C7H10O4. The van der Waals surface area contributed by atoms with Gasteiger partial charge in [0.1, 0.15) is 0 Å². The maximum Gasteiger partial charge on any atom is 0.378 e. The van der Waals surface area contributed by atoms with Crippen molar-refractivity contribution < 1.29 is 19.0 Å². The van der Waals surface area contributed by atoms with Crippen LogP contribution in [-0.4, -0.2) is 26.3 Å². The molecule has 1 aliphatic heterocycles. The molecule has 0 aromatic heterocycles. The largest absolute Gasteiger partial charge is 0.493 e. The van der Waals surface area contributed by atoms with Gasteiger partial charge in [0.15, 0.2) is 11.9 Å². The SMILES string of the molecule is COC1=C(OC)C(C)OC1=O. The first-order valence-electron chi connectivity index (χ1n) is 3.23. The number of hydrogen-bond donors (Lipinski definition) is 0. The second-order valence-corrected chi connectivity index (χ2v) is 2.15. The topological polar surface area (TPSA) is 44.8 Å². The molecular weight excluding hydrogens is 148 g/mol. The molecule has 0 aliphatic carbocycles. The Balaban J connectivity index is 2.92. The van der Waals surface area contributed by atoms with Gasteiger partial charge in [0.05, 0.1) is 14.2 Å². The van der Waals surface area contributed by atoms with Crippen LogP contribution in [0.3, 0.4) is 0 Å². The van der Waals surface area contributed by atoms with Crippen molar-refractivity contribution in [2.45, 2.75) is 13.0 Å². The van der Waals surface area contributed by atoms with E-state index in [1.165, 1.54) is 14.2 Å². The molecule has 4 nitrogen and oxygen atoms in total. The van der Waals surface area contributed by atoms with E-state index in [0.717, 1.165) is 0 Å². The Hall–Kier alpha value is -1.19. The number of methoxy groups -OCH3 is 2. The highest BCUT2D eigenvalue weighted by Crippen LogP contribution is 2.22. The Bertz CT molecular complexity index is 206. The first kappa shape index (κ1) is 7.91. The van der Waals surface area contributed by atoms with E-state index < -0.39 is 5.97 Å². The van der Waals surface area contributed by atoms with E-state index in [0.29, 0.717) is 5.76 Å². The van der Waals surface area contributed by atoms with E-state index in [9.17, 15) is 4.79 Å². The lowest BCUT2D eigenvalue weighted by Crippen LogP contribution is -2.06. The number of esters is 1. The zero-order chi connectivity index (χ0) is 8.43. The van der Waals surface area contributed by atoms with Gasteiger partial charge in [-0.3, -0.25) is 0 Å². The van der Waals surface area contributed by atoms with Gasteiger partial charge >= 0.3 is 5.97 Å². The number of carbonyl (C=O) groups is 1. The monoisotopic (exact) mass is 158 g/mol. The summed E-state index contributed by atoms with van der Waals surface area (Å²) in [6, 6.07) is 0. The maximum atomic E-state index is 10.9. The third-order valence-electron chi connectivity index (χ3n) is 1.49. The average Bonchev–Trinajstić information content (AvgIpc) is 2.24. The van der Waals surface area contributed by atoms with Gasteiger partial charge in [0.25, 0.3) is 0 Å². The van der Waals surface area contributed by atoms with Gasteiger partial charge in [-0.1, -0.05) is 0 Å². The standard InChI is InChI=1S/C7H10O4/c1-4-5(9-2)6(10-3)7(8)11-4/h4H,1-3H3. The smallest absolute Gasteiger partial charge is 0.378 e. The molecule has 1 atom stereocenters. The lowest BCUT2D eigenvalue weighted by Gasteiger charge is -2.04. The Labute approximate surface area is 64.7 Å². The van der Waals surface area contributed by atoms with Crippen LogP contribution >= 0.6 is 0 Å². The lowest BCUT2D eigenvalue weighted by molar-refractivity contribution is -0.142. The number of cyclic esters (lactones) is 1. The van der Waals surface area contributed by atoms with Crippen molar-refractivity contribution in [2.24, 2.45) is 0 Å². The lowest BCUT2D eigenvalue weighted by atomic mass is 10.3. The van der Waals surface area contributed by atoms with Crippen molar-refractivity contribution in [3.05, 3.63) is 11.5 Å². The number of carbonyl (C=O) groups excluding carboxylic acids is 1. The molecule has 62 valence electrons. The minimum Gasteiger partial charge on any atom is -0.493 e. The highest BCUT2D eigenvalue weighted by molar-refractivity contribution is 5.89. The first-order valence-corrected chi connectivity index (χ1v) is 3.23. The molecule has 0 bridgehead atoms. The molecule has 0 N–H and O–H groups in total. The minimum atomic E-state index is -0.461. The second-order valence-electron chi connectivity index (χ2n) is 2.15. The van der Waals surface area contributed by atoms with E-state index in [2.05, 4.69) is 0 Å². The first-order chi connectivity index (χ1) is 5.20. The summed E-state index contributed by atoms with van der Waals surface area (Å²) >= 11 is 0. The fraction of sp³-hybridized carbons (Fsp3) is 0.571. The Morgan fingerprint density at radius 1 is 1.36 bits per heavy atom. The molecule has 0 spiro atoms. The van der Waals surface area contributed by atoms with E-state index in [4.69, 9.17) is 14.2 Å². The van der Waals surface area contributed by atoms with E-state index in [-0.39, 0.29) is 11.9 Å². The van der Waals surface area contributed by atoms with Crippen molar-refractivity contribution >= 4 is 5.97 Å². The molecule has 0 amide bonds. The third kappa shape index (κ3) is 1.15. The van der Waals surface area contributed by atoms with Crippen molar-refractivity contribution in [1.82, 2.24) is 0 Å². The normalized spacial score (nSPS) is 23.5. The highest BCUT2D eigenvalue weighted by Gasteiger charge is 2.33. The van der Waals surface area contributed by atoms with Crippen LogP contribution in [0.1, 0.15) is 6.92 Å². The van der Waals surface area contributed by atoms with Crippen LogP contribution in [0.4, 0.5) is 0 Å². The van der Waals surface area contributed by atoms with Crippen LogP contribution in [0, 0.1) is 0 Å². The molecule has 0 saturated carbocycles. The zero-order valence-corrected chi connectivity index (χ0v) is 6.71. The maximum absolute atomic E-state index is 10.9. The Kier molecular flexibility index (Phi) is 2.03. The van der Waals surface area contributed by atoms with E-state index >= 15 is 0 Å². The van der Waals surface area contributed by atoms with Crippen molar-refractivity contribution in [3.8, 4) is 0 Å². The number of ether oxygens (including phenoxy) is 3. The highest BCUT2D eigenvalue weighted by atomic mass is 16.6. The molecule has 1 rings (SSSR count). The van der Waals surface area contributed by atoms with Crippen molar-refractivity contribution in [2.75, 3.05) is 14.2 Å². The molecule has 0 saturated heterocycles. The molecule has 1 aliphatic rings. The molecule has 0 aromatic carbocycles. The van der Waals surface area contributed by atoms with Crippen molar-refractivity contribution in [1.29, 1.82) is 0 Å². The van der Waals surface area contributed by atoms with Crippen LogP contribution in [0.15, 0.2) is 11.5 Å². The minimum absolute atomic E-state index is 0.167. The Morgan fingerprint density at radius 3 is 2.36 bits per heavy atom. The molecule has 1 unspecified atom stereocenters. The van der Waals surface area contributed by atoms with Crippen molar-refractivity contribution in [3.63, 3.8) is 0 Å². The summed E-state index contributed by atoms with van der Waals surface area (Å²) in [4.78, 5) is 10.9. The predicted octanol–water partition coefficient (Wildman–Crippen LogP) is 0.436. The molecule has 11 heavy (non-hydrogen) atoms. The quantitative estimate of drug-likeness (QED) is 0.547. The van der Waals surface area contributed by atoms with Crippen LogP contribution < -0.4 is 0 Å². The van der Waals surface area contributed by atoms with Crippen LogP contribution in [0.5, 0.6) is 0 Å². The predicted molar refractivity (Wildman–Crippen MR) is 36.6 cm³/mol. The van der Waals surface area contributed by atoms with Gasteiger partial charge in [0, 0.05) is 0 Å². The van der Waals surface area contributed by atoms with E-state index in [1.807, 2.05) is 0 Å². The molecule has 0 aromatic rings. The second kappa shape index (κ2) is 2.82. The summed E-state index contributed by atoms with van der Waals surface area (Å²) in [5.74, 6) is 0.161. The zero-order valence-electron chi connectivity index (χ0n) is 6.71. The van der Waals surface area contributed by atoms with E-state index in [1.54, 1.807) is 6.92 Å². The Morgan fingerprint density at radius 2 is 2.00 bits per heavy atom. The molecule has 4 heteroatoms. The summed E-state index contributed by atoms with van der Waals surface area (Å²) in [5, 5.41) is 0. The van der Waals surface area contributed by atoms with Gasteiger partial charge in [-0.25, -0.2) is 4.79 Å². The summed E-state index contributed by atoms with van der Waals surface area (Å²) in [7, 11) is 2.89. The van der Waals surface area contributed by atoms with Gasteiger partial charge in [0.2, 0.25) is 5.76 Å². The van der Waals surface area contributed by atoms with Crippen LogP contribution in [-0.2, 0) is 19.0 Å². The van der Waals surface area contributed by atoms with Gasteiger partial charge in [-0.2, -0.15) is 0 Å². The molecule has 0 radical (unpaired) electrons. The number of rotatable bonds is 2. The van der Waals surface area contributed by atoms with Crippen LogP contribution in [0.25, 0.3) is 0 Å². The van der Waals surface area contributed by atoms with Gasteiger partial charge in [-0.05, 0) is 6.92 Å². The van der Waals surface area contributed by atoms with Crippen LogP contribution in [0.2, 0.25) is 0 Å². The fourth-order valence-corrected chi connectivity index (χ4v) is 0.995. The summed E-state index contributed by atoms with van der Waals surface area (Å²) in [5.41, 5.74) is 0.